The number of nitrogens with one attached hydrogen (secondary N) is 1. The van der Waals surface area contributed by atoms with E-state index in [2.05, 4.69) is 48.6 Å². The van der Waals surface area contributed by atoms with Gasteiger partial charge >= 0.3 is 0 Å². The number of thiazole rings is 1. The molecule has 0 aliphatic heterocycles. The van der Waals surface area contributed by atoms with Crippen LogP contribution in [-0.2, 0) is 13.2 Å². The van der Waals surface area contributed by atoms with Gasteiger partial charge in [-0.05, 0) is 30.2 Å². The summed E-state index contributed by atoms with van der Waals surface area (Å²) in [6.07, 6.45) is 0. The summed E-state index contributed by atoms with van der Waals surface area (Å²) in [5, 5.41) is 6.39. The standard InChI is InChI=1S/C16H22N2OS/c1-4-17-9-14-11-20-16(18-14)10-19-15-7-5-6-13(8-15)12(2)3/h5-8,11-12,17H,4,9-10H2,1-3H3. The molecular formula is C16H22N2OS. The van der Waals surface area contributed by atoms with Crippen molar-refractivity contribution in [2.45, 2.75) is 39.8 Å². The van der Waals surface area contributed by atoms with Gasteiger partial charge in [0, 0.05) is 11.9 Å². The third-order valence-corrected chi connectivity index (χ3v) is 3.91. The molecule has 1 heterocycles. The summed E-state index contributed by atoms with van der Waals surface area (Å²) in [5.74, 6) is 1.43. The predicted octanol–water partition coefficient (Wildman–Crippen LogP) is 3.96. The molecule has 0 amide bonds. The predicted molar refractivity (Wildman–Crippen MR) is 84.4 cm³/mol. The Balaban J connectivity index is 1.91. The van der Waals surface area contributed by atoms with E-state index >= 15 is 0 Å². The van der Waals surface area contributed by atoms with Crippen LogP contribution in [0.25, 0.3) is 0 Å². The van der Waals surface area contributed by atoms with Gasteiger partial charge in [-0.25, -0.2) is 4.98 Å². The van der Waals surface area contributed by atoms with Crippen molar-refractivity contribution >= 4 is 11.3 Å². The lowest BCUT2D eigenvalue weighted by Crippen LogP contribution is -2.12. The van der Waals surface area contributed by atoms with Crippen LogP contribution in [0.1, 0.15) is 43.0 Å². The van der Waals surface area contributed by atoms with Gasteiger partial charge in [0.1, 0.15) is 17.4 Å². The van der Waals surface area contributed by atoms with Gasteiger partial charge in [-0.3, -0.25) is 0 Å². The fourth-order valence-corrected chi connectivity index (χ4v) is 2.56. The number of benzene rings is 1. The first-order valence-electron chi connectivity index (χ1n) is 7.05. The van der Waals surface area contributed by atoms with Crippen molar-refractivity contribution in [1.82, 2.24) is 10.3 Å². The van der Waals surface area contributed by atoms with Crippen molar-refractivity contribution < 1.29 is 4.74 Å². The lowest BCUT2D eigenvalue weighted by molar-refractivity contribution is 0.305. The Morgan fingerprint density at radius 3 is 2.95 bits per heavy atom. The fourth-order valence-electron chi connectivity index (χ4n) is 1.86. The minimum absolute atomic E-state index is 0.519. The molecule has 0 fully saturated rings. The van der Waals surface area contributed by atoms with E-state index in [0.29, 0.717) is 12.5 Å². The minimum Gasteiger partial charge on any atom is -0.486 e. The lowest BCUT2D eigenvalue weighted by atomic mass is 10.0. The first-order chi connectivity index (χ1) is 9.69. The highest BCUT2D eigenvalue weighted by atomic mass is 32.1. The van der Waals surface area contributed by atoms with Gasteiger partial charge in [-0.2, -0.15) is 0 Å². The Hall–Kier alpha value is -1.39. The van der Waals surface area contributed by atoms with Gasteiger partial charge in [0.05, 0.1) is 5.69 Å². The Labute approximate surface area is 125 Å². The van der Waals surface area contributed by atoms with E-state index < -0.39 is 0 Å². The Morgan fingerprint density at radius 1 is 1.35 bits per heavy atom. The largest absolute Gasteiger partial charge is 0.486 e. The van der Waals surface area contributed by atoms with Gasteiger partial charge < -0.3 is 10.1 Å². The summed E-state index contributed by atoms with van der Waals surface area (Å²) in [6, 6.07) is 8.29. The summed E-state index contributed by atoms with van der Waals surface area (Å²) in [4.78, 5) is 4.55. The van der Waals surface area contributed by atoms with Crippen LogP contribution in [0, 0.1) is 0 Å². The van der Waals surface area contributed by atoms with Gasteiger partial charge in [-0.15, -0.1) is 11.3 Å². The molecular weight excluding hydrogens is 268 g/mol. The number of hydrogen-bond donors (Lipinski definition) is 1. The van der Waals surface area contributed by atoms with E-state index in [0.717, 1.165) is 29.5 Å². The van der Waals surface area contributed by atoms with Crippen molar-refractivity contribution in [2.24, 2.45) is 0 Å². The molecule has 0 aliphatic rings. The van der Waals surface area contributed by atoms with Gasteiger partial charge in [0.25, 0.3) is 0 Å². The van der Waals surface area contributed by atoms with Crippen LogP contribution in [0.3, 0.4) is 0 Å². The molecule has 2 aromatic rings. The highest BCUT2D eigenvalue weighted by Crippen LogP contribution is 2.21. The quantitative estimate of drug-likeness (QED) is 0.838. The van der Waals surface area contributed by atoms with E-state index in [1.54, 1.807) is 11.3 Å². The summed E-state index contributed by atoms with van der Waals surface area (Å²) in [7, 11) is 0. The zero-order valence-corrected chi connectivity index (χ0v) is 13.2. The maximum Gasteiger partial charge on any atom is 0.140 e. The van der Waals surface area contributed by atoms with E-state index in [9.17, 15) is 0 Å². The topological polar surface area (TPSA) is 34.1 Å². The van der Waals surface area contributed by atoms with E-state index in [1.807, 2.05) is 12.1 Å². The number of rotatable bonds is 7. The second-order valence-electron chi connectivity index (χ2n) is 5.03. The third-order valence-electron chi connectivity index (χ3n) is 3.04. The molecule has 1 aromatic carbocycles. The zero-order chi connectivity index (χ0) is 14.4. The summed E-state index contributed by atoms with van der Waals surface area (Å²) >= 11 is 1.65. The Kier molecular flexibility index (Phi) is 5.56. The summed E-state index contributed by atoms with van der Waals surface area (Å²) in [5.41, 5.74) is 2.39. The molecule has 0 spiro atoms. The molecule has 3 nitrogen and oxygen atoms in total. The average molecular weight is 290 g/mol. The molecule has 1 N–H and O–H groups in total. The van der Waals surface area contributed by atoms with Crippen molar-refractivity contribution in [3.05, 3.63) is 45.9 Å². The molecule has 0 atom stereocenters. The first kappa shape index (κ1) is 15.0. The molecule has 2 rings (SSSR count). The number of ether oxygens (including phenoxy) is 1. The number of aromatic nitrogens is 1. The SMILES string of the molecule is CCNCc1csc(COc2cccc(C(C)C)c2)n1. The van der Waals surface area contributed by atoms with E-state index in [4.69, 9.17) is 4.74 Å². The van der Waals surface area contributed by atoms with Crippen molar-refractivity contribution in [1.29, 1.82) is 0 Å². The second-order valence-corrected chi connectivity index (χ2v) is 5.97. The van der Waals surface area contributed by atoms with Gasteiger partial charge in [0.2, 0.25) is 0 Å². The maximum absolute atomic E-state index is 5.83. The second kappa shape index (κ2) is 7.41. The molecule has 0 bridgehead atoms. The third kappa shape index (κ3) is 4.32. The van der Waals surface area contributed by atoms with Crippen LogP contribution in [0.4, 0.5) is 0 Å². The van der Waals surface area contributed by atoms with Crippen molar-refractivity contribution in [2.75, 3.05) is 6.54 Å². The molecule has 20 heavy (non-hydrogen) atoms. The monoisotopic (exact) mass is 290 g/mol. The van der Waals surface area contributed by atoms with E-state index in [-0.39, 0.29) is 0 Å². The minimum atomic E-state index is 0.519. The van der Waals surface area contributed by atoms with Gasteiger partial charge in [-0.1, -0.05) is 32.9 Å². The molecule has 108 valence electrons. The van der Waals surface area contributed by atoms with Crippen LogP contribution < -0.4 is 10.1 Å². The normalized spacial score (nSPS) is 11.0. The number of hydrogen-bond acceptors (Lipinski definition) is 4. The van der Waals surface area contributed by atoms with Crippen molar-refractivity contribution in [3.63, 3.8) is 0 Å². The highest BCUT2D eigenvalue weighted by Gasteiger charge is 2.04. The molecule has 1 aromatic heterocycles. The average Bonchev–Trinajstić information content (AvgIpc) is 2.91. The van der Waals surface area contributed by atoms with Crippen LogP contribution in [-0.4, -0.2) is 11.5 Å². The molecule has 0 radical (unpaired) electrons. The lowest BCUT2D eigenvalue weighted by Gasteiger charge is -2.08. The van der Waals surface area contributed by atoms with E-state index in [1.165, 1.54) is 5.56 Å². The fraction of sp³-hybridized carbons (Fsp3) is 0.438. The first-order valence-corrected chi connectivity index (χ1v) is 7.93. The summed E-state index contributed by atoms with van der Waals surface area (Å²) in [6.45, 7) is 8.80. The Morgan fingerprint density at radius 2 is 2.20 bits per heavy atom. The zero-order valence-electron chi connectivity index (χ0n) is 12.3. The highest BCUT2D eigenvalue weighted by molar-refractivity contribution is 7.09. The molecule has 4 heteroatoms. The maximum atomic E-state index is 5.83. The molecule has 0 unspecified atom stereocenters. The molecule has 0 aliphatic carbocycles. The van der Waals surface area contributed by atoms with Gasteiger partial charge in [0.15, 0.2) is 0 Å². The van der Waals surface area contributed by atoms with Crippen molar-refractivity contribution in [3.8, 4) is 5.75 Å². The molecule has 0 saturated carbocycles. The number of nitrogens with zero attached hydrogens (tertiary/aromatic N) is 1. The smallest absolute Gasteiger partial charge is 0.140 e. The van der Waals surface area contributed by atoms with Crippen LogP contribution >= 0.6 is 11.3 Å². The Bertz CT molecular complexity index is 537. The van der Waals surface area contributed by atoms with Crippen LogP contribution in [0.5, 0.6) is 5.75 Å². The van der Waals surface area contributed by atoms with Crippen LogP contribution in [0.2, 0.25) is 0 Å². The van der Waals surface area contributed by atoms with Crippen LogP contribution in [0.15, 0.2) is 29.6 Å². The molecule has 0 saturated heterocycles. The summed E-state index contributed by atoms with van der Waals surface area (Å²) < 4.78 is 5.83.